The monoisotopic (exact) mass is 643 g/mol. The number of hydrogen-bond acceptors (Lipinski definition) is 8. The number of halogens is 3. The van der Waals surface area contributed by atoms with Crippen molar-refractivity contribution < 1.29 is 23.8 Å². The molecule has 1 aromatic heterocycles. The van der Waals surface area contributed by atoms with Crippen molar-refractivity contribution in [1.82, 2.24) is 10.2 Å². The maximum Gasteiger partial charge on any atom is 0.301 e. The first kappa shape index (κ1) is 30.0. The van der Waals surface area contributed by atoms with Crippen LogP contribution in [0, 0.1) is 12.7 Å². The number of benzene rings is 3. The zero-order chi connectivity index (χ0) is 30.0. The quantitative estimate of drug-likeness (QED) is 0.0649. The van der Waals surface area contributed by atoms with Crippen LogP contribution in [0.3, 0.4) is 0 Å². The zero-order valence-corrected chi connectivity index (χ0v) is 25.6. The molecule has 216 valence electrons. The van der Waals surface area contributed by atoms with Crippen LogP contribution in [0.2, 0.25) is 10.0 Å². The molecule has 1 aliphatic rings. The van der Waals surface area contributed by atoms with Crippen molar-refractivity contribution in [3.63, 3.8) is 0 Å². The van der Waals surface area contributed by atoms with Crippen molar-refractivity contribution in [2.45, 2.75) is 36.4 Å². The summed E-state index contributed by atoms with van der Waals surface area (Å²) in [6.45, 7) is 4.11. The van der Waals surface area contributed by atoms with Gasteiger partial charge in [-0.25, -0.2) is 4.39 Å². The van der Waals surface area contributed by atoms with Crippen molar-refractivity contribution in [3.8, 4) is 5.75 Å². The highest BCUT2D eigenvalue weighted by Gasteiger charge is 2.48. The number of rotatable bonds is 9. The van der Waals surface area contributed by atoms with E-state index >= 15 is 0 Å². The Kier molecular flexibility index (Phi) is 9.17. The summed E-state index contributed by atoms with van der Waals surface area (Å²) in [6.07, 6.45) is 0.830. The number of aromatic nitrogens is 2. The van der Waals surface area contributed by atoms with Gasteiger partial charge in [0, 0.05) is 21.4 Å². The summed E-state index contributed by atoms with van der Waals surface area (Å²) >= 11 is 14.8. The molecule has 0 spiro atoms. The molecule has 0 aliphatic carbocycles. The molecule has 1 aliphatic heterocycles. The second kappa shape index (κ2) is 12.8. The minimum atomic E-state index is -1.04. The molecule has 2 heterocycles. The van der Waals surface area contributed by atoms with E-state index in [1.54, 1.807) is 43.3 Å². The van der Waals surface area contributed by atoms with E-state index in [2.05, 4.69) is 10.2 Å². The molecule has 7 nitrogen and oxygen atoms in total. The number of aliphatic hydroxyl groups is 1. The van der Waals surface area contributed by atoms with Gasteiger partial charge >= 0.3 is 5.91 Å². The molecule has 1 unspecified atom stereocenters. The molecule has 0 bridgehead atoms. The Labute approximate surface area is 259 Å². The molecular weight excluding hydrogens is 620 g/mol. The molecule has 0 radical (unpaired) electrons. The minimum Gasteiger partial charge on any atom is -0.507 e. The number of aryl methyl sites for hydroxylation is 1. The van der Waals surface area contributed by atoms with Crippen LogP contribution in [-0.4, -0.2) is 33.6 Å². The first-order valence-corrected chi connectivity index (χ1v) is 15.4. The molecule has 42 heavy (non-hydrogen) atoms. The predicted octanol–water partition coefficient (Wildman–Crippen LogP) is 8.00. The number of Topliss-reactive ketones (excluding diaryl/α,β-unsaturated/α-hetero) is 1. The van der Waals surface area contributed by atoms with Gasteiger partial charge in [0.2, 0.25) is 5.13 Å². The highest BCUT2D eigenvalue weighted by molar-refractivity contribution is 8.00. The van der Waals surface area contributed by atoms with E-state index in [1.807, 2.05) is 13.0 Å². The summed E-state index contributed by atoms with van der Waals surface area (Å²) in [5.41, 5.74) is 1.66. The Hall–Kier alpha value is -3.44. The number of nitrogens with zero attached hydrogens (tertiary/aromatic N) is 3. The average molecular weight is 645 g/mol. The maximum absolute atomic E-state index is 14.4. The van der Waals surface area contributed by atoms with Crippen molar-refractivity contribution in [3.05, 3.63) is 104 Å². The van der Waals surface area contributed by atoms with E-state index in [-0.39, 0.29) is 16.3 Å². The van der Waals surface area contributed by atoms with E-state index in [0.717, 1.165) is 29.4 Å². The number of carbonyl (C=O) groups excluding carboxylic acids is 2. The Morgan fingerprint density at radius 3 is 2.55 bits per heavy atom. The lowest BCUT2D eigenvalue weighted by Crippen LogP contribution is -2.29. The molecule has 1 amide bonds. The first-order chi connectivity index (χ1) is 20.2. The zero-order valence-electron chi connectivity index (χ0n) is 22.4. The maximum atomic E-state index is 14.4. The Balaban J connectivity index is 1.53. The molecule has 4 aromatic rings. The number of aliphatic hydroxyl groups excluding tert-OH is 1. The van der Waals surface area contributed by atoms with Gasteiger partial charge in [-0.2, -0.15) is 0 Å². The fourth-order valence-corrected chi connectivity index (χ4v) is 6.77. The molecule has 12 heteroatoms. The van der Waals surface area contributed by atoms with Crippen LogP contribution in [-0.2, 0) is 15.3 Å². The topological polar surface area (TPSA) is 92.6 Å². The Morgan fingerprint density at radius 2 is 1.86 bits per heavy atom. The van der Waals surface area contributed by atoms with Crippen LogP contribution in [0.15, 0.2) is 70.6 Å². The van der Waals surface area contributed by atoms with Gasteiger partial charge in [-0.15, -0.1) is 10.2 Å². The number of ether oxygens (including phenoxy) is 1. The van der Waals surface area contributed by atoms with Gasteiger partial charge < -0.3 is 9.84 Å². The number of anilines is 1. The second-order valence-electron chi connectivity index (χ2n) is 9.43. The van der Waals surface area contributed by atoms with E-state index in [4.69, 9.17) is 27.9 Å². The fraction of sp³-hybridized carbons (Fsp3) is 0.200. The van der Waals surface area contributed by atoms with Crippen molar-refractivity contribution >= 4 is 68.9 Å². The number of carbonyl (C=O) groups is 2. The van der Waals surface area contributed by atoms with Crippen molar-refractivity contribution in [2.24, 2.45) is 0 Å². The summed E-state index contributed by atoms with van der Waals surface area (Å²) < 4.78 is 20.6. The summed E-state index contributed by atoms with van der Waals surface area (Å²) in [4.78, 5) is 28.1. The van der Waals surface area contributed by atoms with Crippen molar-refractivity contribution in [2.75, 3.05) is 11.5 Å². The Morgan fingerprint density at radius 1 is 1.10 bits per heavy atom. The summed E-state index contributed by atoms with van der Waals surface area (Å²) in [5, 5.41) is 20.9. The first-order valence-electron chi connectivity index (χ1n) is 12.9. The second-order valence-corrected chi connectivity index (χ2v) is 12.4. The normalized spacial score (nSPS) is 16.3. The fourth-order valence-electron chi connectivity index (χ4n) is 4.34. The largest absolute Gasteiger partial charge is 0.507 e. The highest BCUT2D eigenvalue weighted by atomic mass is 35.5. The molecule has 0 saturated carbocycles. The van der Waals surface area contributed by atoms with Gasteiger partial charge in [-0.3, -0.25) is 14.5 Å². The minimum absolute atomic E-state index is 0.0809. The summed E-state index contributed by atoms with van der Waals surface area (Å²) in [6, 6.07) is 15.2. The standard InChI is InChI=1S/C30H24Cl2FN3O4S2/c1-3-12-40-21-10-7-17(8-11-21)25-24(26(37)18-5-4-16(2)23(33)13-18)27(38)28(39)36(25)29-34-35-30(42-29)41-15-19-6-9-20(31)14-22(19)32/h4-11,13-14,25,37H,3,12,15H2,1-2H3. The lowest BCUT2D eigenvalue weighted by Gasteiger charge is -2.22. The summed E-state index contributed by atoms with van der Waals surface area (Å²) in [7, 11) is 0. The van der Waals surface area contributed by atoms with Gasteiger partial charge in [0.1, 0.15) is 17.3 Å². The predicted molar refractivity (Wildman–Crippen MR) is 164 cm³/mol. The van der Waals surface area contributed by atoms with E-state index < -0.39 is 29.3 Å². The SMILES string of the molecule is CCCOc1ccc(C2C(=C(O)c3ccc(C)c(F)c3)C(=O)C(=O)N2c2nnc(SCc3ccc(Cl)cc3Cl)s2)cc1. The highest BCUT2D eigenvalue weighted by Crippen LogP contribution is 2.44. The third kappa shape index (κ3) is 6.17. The van der Waals surface area contributed by atoms with Crippen LogP contribution >= 0.6 is 46.3 Å². The van der Waals surface area contributed by atoms with Crippen LogP contribution in [0.1, 0.15) is 41.6 Å². The van der Waals surface area contributed by atoms with Gasteiger partial charge in [0.05, 0.1) is 18.2 Å². The van der Waals surface area contributed by atoms with E-state index in [9.17, 15) is 19.1 Å². The molecule has 1 atom stereocenters. The number of ketones is 1. The smallest absolute Gasteiger partial charge is 0.301 e. The molecule has 1 saturated heterocycles. The van der Waals surface area contributed by atoms with Crippen molar-refractivity contribution in [1.29, 1.82) is 0 Å². The molecule has 1 N–H and O–H groups in total. The van der Waals surface area contributed by atoms with Crippen LogP contribution in [0.25, 0.3) is 5.76 Å². The number of thioether (sulfide) groups is 1. The van der Waals surface area contributed by atoms with E-state index in [0.29, 0.717) is 43.6 Å². The lowest BCUT2D eigenvalue weighted by atomic mass is 9.95. The number of amides is 1. The van der Waals surface area contributed by atoms with Crippen LogP contribution in [0.4, 0.5) is 9.52 Å². The van der Waals surface area contributed by atoms with E-state index in [1.165, 1.54) is 28.8 Å². The third-order valence-electron chi connectivity index (χ3n) is 6.53. The van der Waals surface area contributed by atoms with Gasteiger partial charge in [0.25, 0.3) is 5.78 Å². The third-order valence-corrected chi connectivity index (χ3v) is 9.22. The molecule has 5 rings (SSSR count). The van der Waals surface area contributed by atoms with Crippen LogP contribution < -0.4 is 9.64 Å². The average Bonchev–Trinajstić information content (AvgIpc) is 3.54. The van der Waals surface area contributed by atoms with Gasteiger partial charge in [-0.05, 0) is 60.4 Å². The van der Waals surface area contributed by atoms with Gasteiger partial charge in [0.15, 0.2) is 4.34 Å². The lowest BCUT2D eigenvalue weighted by molar-refractivity contribution is -0.132. The van der Waals surface area contributed by atoms with Crippen LogP contribution in [0.5, 0.6) is 5.75 Å². The Bertz CT molecular complexity index is 1690. The number of hydrogen-bond donors (Lipinski definition) is 1. The molecular formula is C30H24Cl2FN3O4S2. The molecule has 3 aromatic carbocycles. The van der Waals surface area contributed by atoms with Gasteiger partial charge in [-0.1, -0.05) is 83.6 Å². The molecule has 1 fully saturated rings. The summed E-state index contributed by atoms with van der Waals surface area (Å²) in [5.74, 6) is -1.73.